The monoisotopic (exact) mass is 197 g/mol. The van der Waals surface area contributed by atoms with Gasteiger partial charge < -0.3 is 4.74 Å². The first-order valence-electron chi connectivity index (χ1n) is 4.42. The van der Waals surface area contributed by atoms with Crippen molar-refractivity contribution in [1.82, 2.24) is 4.98 Å². The minimum Gasteiger partial charge on any atom is -0.439 e. The van der Waals surface area contributed by atoms with E-state index < -0.39 is 0 Å². The second-order valence-corrected chi connectivity index (χ2v) is 4.41. The second-order valence-electron chi connectivity index (χ2n) is 3.08. The predicted molar refractivity (Wildman–Crippen MR) is 55.8 cm³/mol. The first kappa shape index (κ1) is 7.76. The number of aromatic nitrogens is 1. The van der Waals surface area contributed by atoms with Crippen molar-refractivity contribution in [3.63, 3.8) is 0 Å². The van der Waals surface area contributed by atoms with E-state index >= 15 is 0 Å². The van der Waals surface area contributed by atoms with Crippen LogP contribution >= 0.6 is 0 Å². The fourth-order valence-corrected chi connectivity index (χ4v) is 2.60. The van der Waals surface area contributed by atoms with Crippen molar-refractivity contribution in [2.45, 2.75) is 0 Å². The number of ether oxygens (including phenoxy) is 1. The highest BCUT2D eigenvalue weighted by molar-refractivity contribution is 6.69. The Morgan fingerprint density at radius 3 is 2.86 bits per heavy atom. The molecule has 2 heterocycles. The lowest BCUT2D eigenvalue weighted by molar-refractivity contribution is 0.468. The van der Waals surface area contributed by atoms with Gasteiger partial charge in [-0.1, -0.05) is 24.3 Å². The third-order valence-corrected chi connectivity index (χ3v) is 3.47. The zero-order valence-electron chi connectivity index (χ0n) is 7.40. The van der Waals surface area contributed by atoms with Crippen LogP contribution in [0.4, 0.5) is 0 Å². The lowest BCUT2D eigenvalue weighted by Gasteiger charge is -2.17. The topological polar surface area (TPSA) is 22.1 Å². The number of pyridine rings is 1. The van der Waals surface area contributed by atoms with E-state index in [1.165, 1.54) is 10.4 Å². The van der Waals surface area contributed by atoms with Gasteiger partial charge in [0.2, 0.25) is 5.88 Å². The summed E-state index contributed by atoms with van der Waals surface area (Å²) >= 11 is 0. The van der Waals surface area contributed by atoms with Crippen LogP contribution in [0.15, 0.2) is 42.6 Å². The third kappa shape index (κ3) is 1.14. The smallest absolute Gasteiger partial charge is 0.218 e. The number of benzene rings is 1. The average Bonchev–Trinajstić information content (AvgIpc) is 2.26. The molecule has 3 rings (SSSR count). The van der Waals surface area contributed by atoms with Crippen LogP contribution in [0.1, 0.15) is 0 Å². The maximum absolute atomic E-state index is 5.67. The fraction of sp³-hybridized carbons (Fsp3) is 0. The molecule has 14 heavy (non-hydrogen) atoms. The maximum atomic E-state index is 5.67. The van der Waals surface area contributed by atoms with Gasteiger partial charge in [-0.3, -0.25) is 0 Å². The molecule has 1 aromatic heterocycles. The molecule has 0 saturated carbocycles. The first-order chi connectivity index (χ1) is 6.93. The van der Waals surface area contributed by atoms with Gasteiger partial charge in [-0.2, -0.15) is 0 Å². The fourth-order valence-electron chi connectivity index (χ4n) is 1.48. The van der Waals surface area contributed by atoms with Crippen molar-refractivity contribution in [3.8, 4) is 11.6 Å². The zero-order chi connectivity index (χ0) is 9.38. The summed E-state index contributed by atoms with van der Waals surface area (Å²) in [5.74, 6) is 1.70. The molecule has 2 radical (unpaired) electrons. The molecule has 0 N–H and O–H groups in total. The number of rotatable bonds is 0. The summed E-state index contributed by atoms with van der Waals surface area (Å²) in [4.78, 5) is 4.20. The van der Waals surface area contributed by atoms with Crippen LogP contribution < -0.4 is 15.1 Å². The van der Waals surface area contributed by atoms with Crippen LogP contribution in [0.25, 0.3) is 0 Å². The van der Waals surface area contributed by atoms with Crippen LogP contribution in [0.3, 0.4) is 0 Å². The van der Waals surface area contributed by atoms with Crippen LogP contribution in [-0.4, -0.2) is 14.5 Å². The Balaban J connectivity index is 2.12. The molecule has 0 saturated heterocycles. The molecule has 0 fully saturated rings. The van der Waals surface area contributed by atoms with Gasteiger partial charge in [0.15, 0.2) is 0 Å². The Bertz CT molecular complexity index is 397. The van der Waals surface area contributed by atoms with Crippen LogP contribution in [0.2, 0.25) is 0 Å². The van der Waals surface area contributed by atoms with Crippen LogP contribution in [0, 0.1) is 0 Å². The summed E-state index contributed by atoms with van der Waals surface area (Å²) in [6.07, 6.45) is 1.76. The van der Waals surface area contributed by atoms with Crippen molar-refractivity contribution in [1.29, 1.82) is 0 Å². The van der Waals surface area contributed by atoms with E-state index in [-0.39, 0.29) is 0 Å². The lowest BCUT2D eigenvalue weighted by Crippen LogP contribution is -2.34. The van der Waals surface area contributed by atoms with Gasteiger partial charge in [0.1, 0.15) is 15.3 Å². The molecular formula is C11H7NOSi. The van der Waals surface area contributed by atoms with E-state index in [9.17, 15) is 0 Å². The van der Waals surface area contributed by atoms with Gasteiger partial charge in [0.25, 0.3) is 0 Å². The minimum absolute atomic E-state index is 0.656. The highest BCUT2D eigenvalue weighted by atomic mass is 28.2. The summed E-state index contributed by atoms with van der Waals surface area (Å²) in [5, 5.41) is 2.44. The molecule has 1 aliphatic rings. The second kappa shape index (κ2) is 2.96. The van der Waals surface area contributed by atoms with Gasteiger partial charge in [-0.15, -0.1) is 0 Å². The normalized spacial score (nSPS) is 12.6. The predicted octanol–water partition coefficient (Wildman–Crippen LogP) is 0.842. The Kier molecular flexibility index (Phi) is 1.64. The molecule has 0 spiro atoms. The molecule has 0 atom stereocenters. The molecular weight excluding hydrogens is 190 g/mol. The Morgan fingerprint density at radius 2 is 1.86 bits per heavy atom. The van der Waals surface area contributed by atoms with Gasteiger partial charge in [-0.25, -0.2) is 4.98 Å². The van der Waals surface area contributed by atoms with Gasteiger partial charge in [-0.05, 0) is 17.3 Å². The number of fused-ring (bicyclic) bond motifs is 2. The van der Waals surface area contributed by atoms with E-state index in [0.29, 0.717) is 9.52 Å². The van der Waals surface area contributed by atoms with Crippen LogP contribution in [-0.2, 0) is 0 Å². The van der Waals surface area contributed by atoms with Crippen molar-refractivity contribution in [3.05, 3.63) is 42.6 Å². The summed E-state index contributed by atoms with van der Waals surface area (Å²) in [6, 6.07) is 12.1. The Hall–Kier alpha value is -1.61. The molecule has 66 valence electrons. The SMILES string of the molecule is c1ccc2c(c1)Oc1ncccc1[Si]2. The molecule has 0 unspecified atom stereocenters. The van der Waals surface area contributed by atoms with Gasteiger partial charge in [0, 0.05) is 11.4 Å². The first-order valence-corrected chi connectivity index (χ1v) is 5.42. The number of hydrogen-bond acceptors (Lipinski definition) is 2. The highest BCUT2D eigenvalue weighted by Gasteiger charge is 2.17. The Morgan fingerprint density at radius 1 is 1.00 bits per heavy atom. The van der Waals surface area contributed by atoms with Crippen molar-refractivity contribution < 1.29 is 4.74 Å². The van der Waals surface area contributed by atoms with Gasteiger partial charge >= 0.3 is 0 Å². The standard InChI is InChI=1S/C11H7NOSi/c1-2-5-9-8(4-1)13-11-10(14-9)6-3-7-12-11/h1-7H. The van der Waals surface area contributed by atoms with E-state index in [1.807, 2.05) is 24.3 Å². The number of para-hydroxylation sites is 1. The zero-order valence-corrected chi connectivity index (χ0v) is 8.40. The van der Waals surface area contributed by atoms with Crippen LogP contribution in [0.5, 0.6) is 11.6 Å². The molecule has 1 aliphatic heterocycles. The number of hydrogen-bond donors (Lipinski definition) is 0. The molecule has 0 bridgehead atoms. The Labute approximate surface area is 84.4 Å². The molecule has 2 aromatic rings. The number of nitrogens with zero attached hydrogens (tertiary/aromatic N) is 1. The van der Waals surface area contributed by atoms with Gasteiger partial charge in [0.05, 0.1) is 0 Å². The quantitative estimate of drug-likeness (QED) is 0.498. The highest BCUT2D eigenvalue weighted by Crippen LogP contribution is 2.18. The van der Waals surface area contributed by atoms with E-state index in [1.54, 1.807) is 6.20 Å². The van der Waals surface area contributed by atoms with E-state index in [0.717, 1.165) is 11.6 Å². The molecule has 0 aliphatic carbocycles. The molecule has 1 aromatic carbocycles. The summed E-state index contributed by atoms with van der Waals surface area (Å²) in [5.41, 5.74) is 0. The summed E-state index contributed by atoms with van der Waals surface area (Å²) in [7, 11) is 0.656. The molecule has 2 nitrogen and oxygen atoms in total. The van der Waals surface area contributed by atoms with E-state index in [2.05, 4.69) is 17.1 Å². The van der Waals surface area contributed by atoms with Crippen molar-refractivity contribution >= 4 is 19.9 Å². The summed E-state index contributed by atoms with van der Waals surface area (Å²) in [6.45, 7) is 0. The third-order valence-electron chi connectivity index (χ3n) is 2.13. The maximum Gasteiger partial charge on any atom is 0.218 e. The van der Waals surface area contributed by atoms with E-state index in [4.69, 9.17) is 4.74 Å². The van der Waals surface area contributed by atoms with Crippen molar-refractivity contribution in [2.75, 3.05) is 0 Å². The average molecular weight is 197 g/mol. The van der Waals surface area contributed by atoms with Crippen molar-refractivity contribution in [2.24, 2.45) is 0 Å². The molecule has 0 amide bonds. The largest absolute Gasteiger partial charge is 0.439 e. The summed E-state index contributed by atoms with van der Waals surface area (Å²) < 4.78 is 5.67. The minimum atomic E-state index is 0.656. The lowest BCUT2D eigenvalue weighted by atomic mass is 10.3. The molecule has 3 heteroatoms.